The van der Waals surface area contributed by atoms with Gasteiger partial charge in [0, 0.05) is 12.7 Å². The molecule has 4 heteroatoms. The number of aromatic nitrogens is 1. The Hall–Kier alpha value is -1.26. The summed E-state index contributed by atoms with van der Waals surface area (Å²) in [6.07, 6.45) is 4.17. The molecule has 2 heterocycles. The molecule has 0 aliphatic carbocycles. The number of carbonyl (C=O) groups excluding carboxylic acids is 1. The lowest BCUT2D eigenvalue weighted by atomic mass is 9.99. The molecule has 1 atom stereocenters. The average Bonchev–Trinajstić information content (AvgIpc) is 2.40. The zero-order chi connectivity index (χ0) is 12.8. The predicted molar refractivity (Wildman–Crippen MR) is 71.7 cm³/mol. The largest absolute Gasteiger partial charge is 0.316 e. The Labute approximate surface area is 108 Å². The lowest BCUT2D eigenvalue weighted by Gasteiger charge is -2.27. The van der Waals surface area contributed by atoms with Gasteiger partial charge in [-0.2, -0.15) is 0 Å². The number of piperidine rings is 1. The van der Waals surface area contributed by atoms with E-state index in [0.29, 0.717) is 18.2 Å². The Morgan fingerprint density at radius 2 is 2.44 bits per heavy atom. The van der Waals surface area contributed by atoms with E-state index in [4.69, 9.17) is 0 Å². The zero-order valence-corrected chi connectivity index (χ0v) is 10.9. The number of carbonyl (C=O) groups is 1. The maximum Gasteiger partial charge on any atom is 0.195 e. The molecule has 0 spiro atoms. The van der Waals surface area contributed by atoms with Gasteiger partial charge in [0.2, 0.25) is 0 Å². The number of nitrogens with zero attached hydrogens (tertiary/aromatic N) is 2. The first-order valence-electron chi connectivity index (χ1n) is 6.59. The van der Waals surface area contributed by atoms with Crippen LogP contribution >= 0.6 is 0 Å². The number of nitrogens with one attached hydrogen (secondary N) is 1. The fourth-order valence-corrected chi connectivity index (χ4v) is 2.44. The molecule has 1 aromatic heterocycles. The molecule has 0 amide bonds. The van der Waals surface area contributed by atoms with Crippen molar-refractivity contribution in [3.8, 4) is 0 Å². The molecule has 1 saturated heterocycles. The third kappa shape index (κ3) is 3.89. The Bertz CT molecular complexity index is 374. The number of rotatable bonds is 5. The number of hydrogen-bond acceptors (Lipinski definition) is 4. The summed E-state index contributed by atoms with van der Waals surface area (Å²) in [6, 6.07) is 5.46. The molecule has 1 aliphatic heterocycles. The minimum Gasteiger partial charge on any atom is -0.316 e. The van der Waals surface area contributed by atoms with Crippen LogP contribution in [-0.4, -0.2) is 48.9 Å². The SMILES string of the molecule is CN(CC(=O)c1ccccn1)C[C@H]1CCCNC1. The summed E-state index contributed by atoms with van der Waals surface area (Å²) in [4.78, 5) is 18.2. The standard InChI is InChI=1S/C14H21N3O/c1-17(10-12-5-4-7-15-9-12)11-14(18)13-6-2-3-8-16-13/h2-3,6,8,12,15H,4-5,7,9-11H2,1H3/t12-/m0/s1. The van der Waals surface area contributed by atoms with E-state index in [2.05, 4.69) is 15.2 Å². The molecule has 18 heavy (non-hydrogen) atoms. The van der Waals surface area contributed by atoms with Gasteiger partial charge in [-0.1, -0.05) is 6.07 Å². The molecule has 2 rings (SSSR count). The molecule has 0 radical (unpaired) electrons. The number of ketones is 1. The van der Waals surface area contributed by atoms with Crippen molar-refractivity contribution in [2.24, 2.45) is 5.92 Å². The molecular formula is C14H21N3O. The third-order valence-corrected chi connectivity index (χ3v) is 3.33. The Morgan fingerprint density at radius 1 is 1.56 bits per heavy atom. The van der Waals surface area contributed by atoms with Crippen molar-refractivity contribution in [2.75, 3.05) is 33.2 Å². The molecule has 0 bridgehead atoms. The molecule has 1 fully saturated rings. The molecule has 98 valence electrons. The van der Waals surface area contributed by atoms with Gasteiger partial charge in [0.05, 0.1) is 6.54 Å². The van der Waals surface area contributed by atoms with E-state index >= 15 is 0 Å². The summed E-state index contributed by atoms with van der Waals surface area (Å²) in [5, 5.41) is 3.40. The van der Waals surface area contributed by atoms with Crippen molar-refractivity contribution in [3.05, 3.63) is 30.1 Å². The molecule has 1 aliphatic rings. The first-order chi connectivity index (χ1) is 8.75. The Morgan fingerprint density at radius 3 is 3.11 bits per heavy atom. The lowest BCUT2D eigenvalue weighted by molar-refractivity contribution is 0.0929. The van der Waals surface area contributed by atoms with Crippen LogP contribution in [0.15, 0.2) is 24.4 Å². The van der Waals surface area contributed by atoms with E-state index in [1.165, 1.54) is 12.8 Å². The second-order valence-electron chi connectivity index (χ2n) is 5.05. The highest BCUT2D eigenvalue weighted by atomic mass is 16.1. The number of pyridine rings is 1. The molecule has 0 unspecified atom stereocenters. The fraction of sp³-hybridized carbons (Fsp3) is 0.571. The van der Waals surface area contributed by atoms with Crippen LogP contribution in [0, 0.1) is 5.92 Å². The van der Waals surface area contributed by atoms with Crippen molar-refractivity contribution >= 4 is 5.78 Å². The highest BCUT2D eigenvalue weighted by Crippen LogP contribution is 2.11. The summed E-state index contributed by atoms with van der Waals surface area (Å²) < 4.78 is 0. The van der Waals surface area contributed by atoms with Crippen molar-refractivity contribution in [2.45, 2.75) is 12.8 Å². The van der Waals surface area contributed by atoms with Crippen LogP contribution in [0.25, 0.3) is 0 Å². The fourth-order valence-electron chi connectivity index (χ4n) is 2.44. The van der Waals surface area contributed by atoms with Gasteiger partial charge in [0.25, 0.3) is 0 Å². The first-order valence-corrected chi connectivity index (χ1v) is 6.59. The van der Waals surface area contributed by atoms with Crippen LogP contribution < -0.4 is 5.32 Å². The minimum absolute atomic E-state index is 0.0990. The molecule has 4 nitrogen and oxygen atoms in total. The van der Waals surface area contributed by atoms with Crippen molar-refractivity contribution < 1.29 is 4.79 Å². The van der Waals surface area contributed by atoms with E-state index in [1.54, 1.807) is 12.3 Å². The number of likely N-dealkylation sites (N-methyl/N-ethyl adjacent to an activating group) is 1. The van der Waals surface area contributed by atoms with Gasteiger partial charge in [0.1, 0.15) is 5.69 Å². The van der Waals surface area contributed by atoms with E-state index in [0.717, 1.165) is 19.6 Å². The lowest BCUT2D eigenvalue weighted by Crippen LogP contribution is -2.38. The van der Waals surface area contributed by atoms with Gasteiger partial charge in [0.15, 0.2) is 5.78 Å². The van der Waals surface area contributed by atoms with Gasteiger partial charge in [-0.15, -0.1) is 0 Å². The first kappa shape index (κ1) is 13.2. The topological polar surface area (TPSA) is 45.2 Å². The van der Waals surface area contributed by atoms with Gasteiger partial charge in [-0.3, -0.25) is 14.7 Å². The quantitative estimate of drug-likeness (QED) is 0.794. The average molecular weight is 247 g/mol. The Kier molecular flexibility index (Phi) is 4.84. The van der Waals surface area contributed by atoms with E-state index in [9.17, 15) is 4.79 Å². The van der Waals surface area contributed by atoms with Crippen LogP contribution in [-0.2, 0) is 0 Å². The summed E-state index contributed by atoms with van der Waals surface area (Å²) in [6.45, 7) is 3.63. The smallest absolute Gasteiger partial charge is 0.195 e. The minimum atomic E-state index is 0.0990. The van der Waals surface area contributed by atoms with Crippen molar-refractivity contribution in [1.29, 1.82) is 0 Å². The maximum absolute atomic E-state index is 12.0. The van der Waals surface area contributed by atoms with Gasteiger partial charge in [-0.05, 0) is 51.0 Å². The second kappa shape index (κ2) is 6.61. The van der Waals surface area contributed by atoms with Gasteiger partial charge < -0.3 is 5.32 Å². The highest BCUT2D eigenvalue weighted by Gasteiger charge is 2.17. The number of hydrogen-bond donors (Lipinski definition) is 1. The molecule has 1 N–H and O–H groups in total. The van der Waals surface area contributed by atoms with Gasteiger partial charge in [-0.25, -0.2) is 0 Å². The van der Waals surface area contributed by atoms with Crippen molar-refractivity contribution in [1.82, 2.24) is 15.2 Å². The number of Topliss-reactive ketones (excluding diaryl/α,β-unsaturated/α-hetero) is 1. The molecule has 0 aromatic carbocycles. The van der Waals surface area contributed by atoms with Crippen molar-refractivity contribution in [3.63, 3.8) is 0 Å². The second-order valence-corrected chi connectivity index (χ2v) is 5.05. The van der Waals surface area contributed by atoms with Crippen LogP contribution in [0.2, 0.25) is 0 Å². The van der Waals surface area contributed by atoms with E-state index in [1.807, 2.05) is 19.2 Å². The van der Waals surface area contributed by atoms with Crippen LogP contribution in [0.3, 0.4) is 0 Å². The predicted octanol–water partition coefficient (Wildman–Crippen LogP) is 1.20. The maximum atomic E-state index is 12.0. The van der Waals surface area contributed by atoms with Gasteiger partial charge >= 0.3 is 0 Å². The van der Waals surface area contributed by atoms with Crippen LogP contribution in [0.1, 0.15) is 23.3 Å². The summed E-state index contributed by atoms with van der Waals surface area (Å²) in [5.74, 6) is 0.766. The van der Waals surface area contributed by atoms with Crippen LogP contribution in [0.4, 0.5) is 0 Å². The Balaban J connectivity index is 1.80. The monoisotopic (exact) mass is 247 g/mol. The van der Waals surface area contributed by atoms with E-state index in [-0.39, 0.29) is 5.78 Å². The molecule has 0 saturated carbocycles. The summed E-state index contributed by atoms with van der Waals surface area (Å²) in [5.41, 5.74) is 0.561. The van der Waals surface area contributed by atoms with Crippen LogP contribution in [0.5, 0.6) is 0 Å². The summed E-state index contributed by atoms with van der Waals surface area (Å²) >= 11 is 0. The van der Waals surface area contributed by atoms with E-state index < -0.39 is 0 Å². The normalized spacial score (nSPS) is 20.0. The zero-order valence-electron chi connectivity index (χ0n) is 10.9. The highest BCUT2D eigenvalue weighted by molar-refractivity contribution is 5.95. The third-order valence-electron chi connectivity index (χ3n) is 3.33. The molecular weight excluding hydrogens is 226 g/mol. The summed E-state index contributed by atoms with van der Waals surface area (Å²) in [7, 11) is 2.01. The molecule has 1 aromatic rings.